The van der Waals surface area contributed by atoms with Crippen LogP contribution in [0.25, 0.3) is 0 Å². The van der Waals surface area contributed by atoms with Crippen LogP contribution in [0.15, 0.2) is 18.2 Å². The van der Waals surface area contributed by atoms with E-state index in [1.54, 1.807) is 13.0 Å². The maximum atomic E-state index is 12.2. The first-order valence-electron chi connectivity index (χ1n) is 6.21. The molecule has 112 valence electrons. The molecule has 1 aromatic carbocycles. The number of phenolic OH excluding ortho intramolecular Hbond substituents is 1. The monoisotopic (exact) mass is 319 g/mol. The summed E-state index contributed by atoms with van der Waals surface area (Å²) in [7, 11) is -6.81. The van der Waals surface area contributed by atoms with E-state index < -0.39 is 25.1 Å². The van der Waals surface area contributed by atoms with Gasteiger partial charge >= 0.3 is 0 Å². The average molecular weight is 319 g/mol. The summed E-state index contributed by atoms with van der Waals surface area (Å²) in [5.41, 5.74) is 0.935. The Morgan fingerprint density at radius 3 is 2.45 bits per heavy atom. The molecule has 0 bridgehead atoms. The van der Waals surface area contributed by atoms with Gasteiger partial charge < -0.3 is 5.11 Å². The predicted molar refractivity (Wildman–Crippen MR) is 77.1 cm³/mol. The Hall–Kier alpha value is -1.28. The van der Waals surface area contributed by atoms with Crippen molar-refractivity contribution in [2.45, 2.75) is 25.0 Å². The molecule has 0 unspecified atom stereocenters. The number of phenols is 1. The summed E-state index contributed by atoms with van der Waals surface area (Å²) in [5.74, 6) is -0.376. The topological polar surface area (TPSA) is 101 Å². The molecule has 1 aliphatic heterocycles. The van der Waals surface area contributed by atoms with Crippen molar-refractivity contribution >= 4 is 25.5 Å². The van der Waals surface area contributed by atoms with E-state index >= 15 is 0 Å². The Balaban J connectivity index is 2.18. The second-order valence-corrected chi connectivity index (χ2v) is 9.28. The van der Waals surface area contributed by atoms with Gasteiger partial charge in [0.2, 0.25) is 10.0 Å². The highest BCUT2D eigenvalue weighted by Gasteiger charge is 2.33. The third kappa shape index (κ3) is 3.43. The molecule has 0 aliphatic carbocycles. The van der Waals surface area contributed by atoms with E-state index in [1.165, 1.54) is 12.1 Å². The minimum atomic E-state index is -3.70. The SMILES string of the molecule is Cc1ccc(O)c(NS(=O)(=O)C2CCS(=O)(=O)CC2)c1. The van der Waals surface area contributed by atoms with Gasteiger partial charge in [-0.25, -0.2) is 16.8 Å². The van der Waals surface area contributed by atoms with Crippen LogP contribution in [0.5, 0.6) is 5.75 Å². The molecule has 1 saturated heterocycles. The van der Waals surface area contributed by atoms with Crippen LogP contribution in [0, 0.1) is 6.92 Å². The van der Waals surface area contributed by atoms with Crippen molar-refractivity contribution in [2.24, 2.45) is 0 Å². The lowest BCUT2D eigenvalue weighted by Crippen LogP contribution is -2.36. The minimum Gasteiger partial charge on any atom is -0.506 e. The first kappa shape index (κ1) is 15.1. The Labute approximate surface area is 118 Å². The third-order valence-corrected chi connectivity index (χ3v) is 6.91. The van der Waals surface area contributed by atoms with Gasteiger partial charge in [-0.15, -0.1) is 0 Å². The largest absolute Gasteiger partial charge is 0.506 e. The zero-order valence-electron chi connectivity index (χ0n) is 11.0. The Morgan fingerprint density at radius 1 is 1.25 bits per heavy atom. The molecule has 6 nitrogen and oxygen atoms in total. The van der Waals surface area contributed by atoms with Gasteiger partial charge in [-0.1, -0.05) is 6.07 Å². The molecule has 1 aromatic rings. The molecule has 0 atom stereocenters. The number of hydrogen-bond acceptors (Lipinski definition) is 5. The summed E-state index contributed by atoms with van der Waals surface area (Å²) in [4.78, 5) is 0. The van der Waals surface area contributed by atoms with Gasteiger partial charge in [0.05, 0.1) is 22.4 Å². The molecule has 0 spiro atoms. The van der Waals surface area contributed by atoms with Gasteiger partial charge in [-0.05, 0) is 37.5 Å². The number of sulfone groups is 1. The molecule has 1 fully saturated rings. The van der Waals surface area contributed by atoms with E-state index in [-0.39, 0.29) is 35.8 Å². The van der Waals surface area contributed by atoms with E-state index in [0.29, 0.717) is 0 Å². The van der Waals surface area contributed by atoms with E-state index in [4.69, 9.17) is 0 Å². The minimum absolute atomic E-state index is 0.0875. The average Bonchev–Trinajstić information content (AvgIpc) is 2.33. The smallest absolute Gasteiger partial charge is 0.235 e. The number of nitrogens with one attached hydrogen (secondary N) is 1. The third-order valence-electron chi connectivity index (χ3n) is 3.34. The van der Waals surface area contributed by atoms with Gasteiger partial charge in [0.1, 0.15) is 15.6 Å². The lowest BCUT2D eigenvalue weighted by atomic mass is 10.2. The van der Waals surface area contributed by atoms with Crippen molar-refractivity contribution < 1.29 is 21.9 Å². The highest BCUT2D eigenvalue weighted by molar-refractivity contribution is 7.94. The number of hydrogen-bond donors (Lipinski definition) is 2. The molecule has 0 amide bonds. The molecule has 2 N–H and O–H groups in total. The van der Waals surface area contributed by atoms with E-state index in [2.05, 4.69) is 4.72 Å². The second kappa shape index (κ2) is 5.25. The number of sulfonamides is 1. The van der Waals surface area contributed by atoms with Crippen LogP contribution in [-0.2, 0) is 19.9 Å². The highest BCUT2D eigenvalue weighted by Crippen LogP contribution is 2.28. The number of benzene rings is 1. The van der Waals surface area contributed by atoms with Crippen LogP contribution in [0.1, 0.15) is 18.4 Å². The van der Waals surface area contributed by atoms with Crippen LogP contribution >= 0.6 is 0 Å². The fraction of sp³-hybridized carbons (Fsp3) is 0.500. The van der Waals surface area contributed by atoms with Crippen LogP contribution in [0.2, 0.25) is 0 Å². The van der Waals surface area contributed by atoms with Crippen molar-refractivity contribution in [3.05, 3.63) is 23.8 Å². The summed E-state index contributed by atoms with van der Waals surface area (Å²) in [6, 6.07) is 4.62. The zero-order valence-corrected chi connectivity index (χ0v) is 12.7. The number of rotatable bonds is 3. The zero-order chi connectivity index (χ0) is 15.0. The summed E-state index contributed by atoms with van der Waals surface area (Å²) in [6.45, 7) is 1.78. The fourth-order valence-electron chi connectivity index (χ4n) is 2.15. The molecule has 2 rings (SSSR count). The van der Waals surface area contributed by atoms with Gasteiger partial charge in [0.25, 0.3) is 0 Å². The van der Waals surface area contributed by atoms with Crippen LogP contribution in [-0.4, -0.2) is 38.7 Å². The lowest BCUT2D eigenvalue weighted by Gasteiger charge is -2.23. The van der Waals surface area contributed by atoms with Crippen LogP contribution in [0.4, 0.5) is 5.69 Å². The van der Waals surface area contributed by atoms with Gasteiger partial charge in [0.15, 0.2) is 0 Å². The van der Waals surface area contributed by atoms with Crippen molar-refractivity contribution in [1.82, 2.24) is 0 Å². The first-order chi connectivity index (χ1) is 9.20. The Bertz CT molecular complexity index is 695. The van der Waals surface area contributed by atoms with Gasteiger partial charge in [-0.2, -0.15) is 0 Å². The molecule has 20 heavy (non-hydrogen) atoms. The molecule has 1 aliphatic rings. The van der Waals surface area contributed by atoms with Crippen LogP contribution < -0.4 is 4.72 Å². The normalized spacial score (nSPS) is 19.6. The molecular weight excluding hydrogens is 302 g/mol. The highest BCUT2D eigenvalue weighted by atomic mass is 32.2. The fourth-order valence-corrected chi connectivity index (χ4v) is 5.43. The molecule has 8 heteroatoms. The van der Waals surface area contributed by atoms with Crippen LogP contribution in [0.3, 0.4) is 0 Å². The summed E-state index contributed by atoms with van der Waals surface area (Å²) in [6.07, 6.45) is 0.175. The maximum absolute atomic E-state index is 12.2. The molecule has 0 aromatic heterocycles. The Kier molecular flexibility index (Phi) is 3.97. The van der Waals surface area contributed by atoms with Crippen molar-refractivity contribution in [1.29, 1.82) is 0 Å². The number of aryl methyl sites for hydroxylation is 1. The van der Waals surface area contributed by atoms with Crippen molar-refractivity contribution in [3.8, 4) is 5.75 Å². The number of aromatic hydroxyl groups is 1. The lowest BCUT2D eigenvalue weighted by molar-refractivity contribution is 0.477. The number of anilines is 1. The summed E-state index contributed by atoms with van der Waals surface area (Å²) in [5, 5.41) is 8.91. The van der Waals surface area contributed by atoms with Crippen molar-refractivity contribution in [3.63, 3.8) is 0 Å². The quantitative estimate of drug-likeness (QED) is 0.810. The first-order valence-corrected chi connectivity index (χ1v) is 9.58. The molecule has 0 saturated carbocycles. The van der Waals surface area contributed by atoms with Crippen molar-refractivity contribution in [2.75, 3.05) is 16.2 Å². The predicted octanol–water partition coefficient (Wildman–Crippen LogP) is 1.02. The van der Waals surface area contributed by atoms with Gasteiger partial charge in [-0.3, -0.25) is 4.72 Å². The standard InChI is InChI=1S/C12H17NO5S2/c1-9-2-3-12(14)11(8-9)13-20(17,18)10-4-6-19(15,16)7-5-10/h2-3,8,10,13-14H,4-7H2,1H3. The van der Waals surface area contributed by atoms with E-state index in [9.17, 15) is 21.9 Å². The second-order valence-electron chi connectivity index (χ2n) is 5.02. The van der Waals surface area contributed by atoms with E-state index in [1.807, 2.05) is 0 Å². The maximum Gasteiger partial charge on any atom is 0.235 e. The Morgan fingerprint density at radius 2 is 1.85 bits per heavy atom. The molecule has 0 radical (unpaired) electrons. The molecular formula is C12H17NO5S2. The molecule has 1 heterocycles. The van der Waals surface area contributed by atoms with E-state index in [0.717, 1.165) is 5.56 Å². The summed E-state index contributed by atoms with van der Waals surface area (Å²) >= 11 is 0. The summed E-state index contributed by atoms with van der Waals surface area (Å²) < 4.78 is 49.4. The van der Waals surface area contributed by atoms with Gasteiger partial charge in [0, 0.05) is 0 Å².